The van der Waals surface area contributed by atoms with Crippen molar-refractivity contribution in [2.45, 2.75) is 0 Å². The number of hydrogen-bond donors (Lipinski definition) is 1. The summed E-state index contributed by atoms with van der Waals surface area (Å²) < 4.78 is 7.68. The summed E-state index contributed by atoms with van der Waals surface area (Å²) in [6.07, 6.45) is 4.85. The van der Waals surface area contributed by atoms with Crippen LogP contribution in [0, 0.1) is 11.3 Å². The predicted molar refractivity (Wildman–Crippen MR) is 116 cm³/mol. The van der Waals surface area contributed by atoms with Gasteiger partial charge in [-0.1, -0.05) is 42.5 Å². The molecule has 0 bridgehead atoms. The van der Waals surface area contributed by atoms with Crippen molar-refractivity contribution < 1.29 is 9.21 Å². The molecule has 30 heavy (non-hydrogen) atoms. The fourth-order valence-electron chi connectivity index (χ4n) is 3.06. The molecule has 2 aromatic heterocycles. The van der Waals surface area contributed by atoms with Gasteiger partial charge in [-0.3, -0.25) is 4.79 Å². The second-order valence-corrected chi connectivity index (χ2v) is 6.53. The lowest BCUT2D eigenvalue weighted by Crippen LogP contribution is -2.24. The predicted octanol–water partition coefficient (Wildman–Crippen LogP) is 4.49. The van der Waals surface area contributed by atoms with E-state index in [9.17, 15) is 10.1 Å². The third kappa shape index (κ3) is 3.77. The molecule has 1 amide bonds. The molecular weight excluding hydrogens is 376 g/mol. The van der Waals surface area contributed by atoms with Crippen molar-refractivity contribution in [2.75, 3.05) is 6.54 Å². The Labute approximate surface area is 173 Å². The van der Waals surface area contributed by atoms with Crippen LogP contribution in [0.1, 0.15) is 5.56 Å². The number of carbonyl (C=O) groups excluding carboxylic acids is 1. The SMILES string of the molecule is C=CCNC(=O)/C(C#N)=C\c1cn(-c2ccccc2)nc1-c1cc2ccccc2o1. The maximum Gasteiger partial charge on any atom is 0.262 e. The minimum absolute atomic E-state index is 0.0261. The van der Waals surface area contributed by atoms with E-state index in [0.29, 0.717) is 17.0 Å². The second-order valence-electron chi connectivity index (χ2n) is 6.53. The summed E-state index contributed by atoms with van der Waals surface area (Å²) in [5, 5.41) is 17.7. The van der Waals surface area contributed by atoms with Gasteiger partial charge in [0.25, 0.3) is 5.91 Å². The largest absolute Gasteiger partial charge is 0.454 e. The molecule has 0 aliphatic heterocycles. The van der Waals surface area contributed by atoms with Gasteiger partial charge in [-0.25, -0.2) is 4.68 Å². The van der Waals surface area contributed by atoms with Crippen LogP contribution in [0.25, 0.3) is 34.2 Å². The lowest BCUT2D eigenvalue weighted by molar-refractivity contribution is -0.116. The average molecular weight is 394 g/mol. The number of aromatic nitrogens is 2. The first kappa shape index (κ1) is 19.0. The highest BCUT2D eigenvalue weighted by atomic mass is 16.3. The molecule has 0 saturated carbocycles. The normalized spacial score (nSPS) is 11.2. The average Bonchev–Trinajstić information content (AvgIpc) is 3.40. The zero-order valence-electron chi connectivity index (χ0n) is 16.1. The lowest BCUT2D eigenvalue weighted by Gasteiger charge is -2.00. The summed E-state index contributed by atoms with van der Waals surface area (Å²) in [5.41, 5.74) is 2.70. The van der Waals surface area contributed by atoms with Crippen molar-refractivity contribution in [2.24, 2.45) is 0 Å². The van der Waals surface area contributed by atoms with Crippen LogP contribution in [-0.4, -0.2) is 22.2 Å². The summed E-state index contributed by atoms with van der Waals surface area (Å²) in [7, 11) is 0. The number of furan rings is 1. The summed E-state index contributed by atoms with van der Waals surface area (Å²) in [5.74, 6) is 0.0846. The van der Waals surface area contributed by atoms with Gasteiger partial charge in [0.2, 0.25) is 0 Å². The van der Waals surface area contributed by atoms with Crippen LogP contribution in [0.15, 0.2) is 89.5 Å². The van der Waals surface area contributed by atoms with E-state index >= 15 is 0 Å². The van der Waals surface area contributed by atoms with Crippen molar-refractivity contribution in [3.63, 3.8) is 0 Å². The van der Waals surface area contributed by atoms with E-state index in [1.54, 1.807) is 17.0 Å². The fraction of sp³-hybridized carbons (Fsp3) is 0.0417. The number of hydrogen-bond acceptors (Lipinski definition) is 4. The van der Waals surface area contributed by atoms with Gasteiger partial charge in [-0.05, 0) is 30.3 Å². The van der Waals surface area contributed by atoms with E-state index < -0.39 is 5.91 Å². The molecule has 6 heteroatoms. The molecular formula is C24H18N4O2. The first-order valence-electron chi connectivity index (χ1n) is 9.34. The zero-order valence-corrected chi connectivity index (χ0v) is 16.1. The van der Waals surface area contributed by atoms with E-state index in [-0.39, 0.29) is 12.1 Å². The van der Waals surface area contributed by atoms with Gasteiger partial charge in [0, 0.05) is 23.7 Å². The highest BCUT2D eigenvalue weighted by molar-refractivity contribution is 6.02. The molecule has 0 saturated heterocycles. The molecule has 2 heterocycles. The number of fused-ring (bicyclic) bond motifs is 1. The molecule has 0 unspecified atom stereocenters. The Hall–Kier alpha value is -4.37. The molecule has 0 fully saturated rings. The number of nitrogens with one attached hydrogen (secondary N) is 1. The minimum atomic E-state index is -0.472. The van der Waals surface area contributed by atoms with Crippen LogP contribution in [0.4, 0.5) is 0 Å². The van der Waals surface area contributed by atoms with Crippen LogP contribution in [-0.2, 0) is 4.79 Å². The summed E-state index contributed by atoms with van der Waals surface area (Å²) in [4.78, 5) is 12.3. The Kier molecular flexibility index (Phi) is 5.27. The Balaban J connectivity index is 1.84. The van der Waals surface area contributed by atoms with Crippen molar-refractivity contribution >= 4 is 23.0 Å². The number of carbonyl (C=O) groups is 1. The third-order valence-electron chi connectivity index (χ3n) is 4.49. The molecule has 6 nitrogen and oxygen atoms in total. The van der Waals surface area contributed by atoms with Gasteiger partial charge in [0.05, 0.1) is 5.69 Å². The maximum atomic E-state index is 12.3. The number of amides is 1. The number of benzene rings is 2. The van der Waals surface area contributed by atoms with Crippen LogP contribution in [0.2, 0.25) is 0 Å². The quantitative estimate of drug-likeness (QED) is 0.297. The first-order valence-corrected chi connectivity index (χ1v) is 9.34. The molecule has 4 aromatic rings. The minimum Gasteiger partial charge on any atom is -0.454 e. The molecule has 2 aromatic carbocycles. The third-order valence-corrected chi connectivity index (χ3v) is 4.49. The molecule has 0 radical (unpaired) electrons. The highest BCUT2D eigenvalue weighted by Gasteiger charge is 2.17. The fourth-order valence-corrected chi connectivity index (χ4v) is 3.06. The van der Waals surface area contributed by atoms with E-state index in [0.717, 1.165) is 16.7 Å². The number of nitrogens with zero attached hydrogens (tertiary/aromatic N) is 3. The lowest BCUT2D eigenvalue weighted by atomic mass is 10.1. The van der Waals surface area contributed by atoms with E-state index in [1.165, 1.54) is 6.08 Å². The van der Waals surface area contributed by atoms with E-state index in [4.69, 9.17) is 4.42 Å². The summed E-state index contributed by atoms with van der Waals surface area (Å²) in [6.45, 7) is 3.85. The molecule has 0 spiro atoms. The first-order chi connectivity index (χ1) is 14.7. The van der Waals surface area contributed by atoms with Gasteiger partial charge in [-0.15, -0.1) is 6.58 Å². The highest BCUT2D eigenvalue weighted by Crippen LogP contribution is 2.31. The van der Waals surface area contributed by atoms with Crippen LogP contribution in [0.3, 0.4) is 0 Å². The Bertz CT molecular complexity index is 1260. The molecule has 0 atom stereocenters. The molecule has 146 valence electrons. The Morgan fingerprint density at radius 2 is 1.97 bits per heavy atom. The number of para-hydroxylation sites is 2. The summed E-state index contributed by atoms with van der Waals surface area (Å²) >= 11 is 0. The van der Waals surface area contributed by atoms with Crippen molar-refractivity contribution in [1.29, 1.82) is 5.26 Å². The van der Waals surface area contributed by atoms with Gasteiger partial charge >= 0.3 is 0 Å². The van der Waals surface area contributed by atoms with Gasteiger partial charge in [0.15, 0.2) is 5.76 Å². The van der Waals surface area contributed by atoms with Crippen LogP contribution in [0.5, 0.6) is 0 Å². The smallest absolute Gasteiger partial charge is 0.262 e. The zero-order chi connectivity index (χ0) is 20.9. The van der Waals surface area contributed by atoms with Crippen molar-refractivity contribution in [3.8, 4) is 23.2 Å². The van der Waals surface area contributed by atoms with E-state index in [2.05, 4.69) is 17.0 Å². The molecule has 0 aliphatic carbocycles. The molecule has 0 aliphatic rings. The van der Waals surface area contributed by atoms with E-state index in [1.807, 2.05) is 66.7 Å². The van der Waals surface area contributed by atoms with Gasteiger partial charge in [-0.2, -0.15) is 10.4 Å². The van der Waals surface area contributed by atoms with Gasteiger partial charge in [0.1, 0.15) is 22.9 Å². The topological polar surface area (TPSA) is 83.9 Å². The van der Waals surface area contributed by atoms with Gasteiger partial charge < -0.3 is 9.73 Å². The van der Waals surface area contributed by atoms with Crippen molar-refractivity contribution in [3.05, 3.63) is 90.7 Å². The van der Waals surface area contributed by atoms with Crippen LogP contribution < -0.4 is 5.32 Å². The number of nitriles is 1. The maximum absolute atomic E-state index is 12.3. The Morgan fingerprint density at radius 1 is 1.20 bits per heavy atom. The monoisotopic (exact) mass is 394 g/mol. The molecule has 1 N–H and O–H groups in total. The number of rotatable bonds is 6. The molecule has 4 rings (SSSR count). The second kappa shape index (κ2) is 8.33. The van der Waals surface area contributed by atoms with Crippen molar-refractivity contribution in [1.82, 2.24) is 15.1 Å². The standard InChI is InChI=1S/C24H18N4O2/c1-2-12-26-24(29)18(15-25)13-19-16-28(20-9-4-3-5-10-20)27-23(19)22-14-17-8-6-7-11-21(17)30-22/h2-11,13-14,16H,1,12H2,(H,26,29)/b18-13-. The van der Waals surface area contributed by atoms with Crippen LogP contribution >= 0.6 is 0 Å². The Morgan fingerprint density at radius 3 is 2.70 bits per heavy atom. The summed E-state index contributed by atoms with van der Waals surface area (Å²) in [6, 6.07) is 21.1.